The van der Waals surface area contributed by atoms with Crippen LogP contribution in [0, 0.1) is 12.7 Å². The van der Waals surface area contributed by atoms with Crippen molar-refractivity contribution in [1.29, 1.82) is 0 Å². The molecular weight excluding hydrogens is 383 g/mol. The molecule has 1 fully saturated rings. The number of halogens is 1. The third-order valence-electron chi connectivity index (χ3n) is 5.21. The van der Waals surface area contributed by atoms with Crippen molar-refractivity contribution in [2.24, 2.45) is 0 Å². The minimum absolute atomic E-state index is 0.0507. The van der Waals surface area contributed by atoms with Gasteiger partial charge in [0, 0.05) is 38.0 Å². The van der Waals surface area contributed by atoms with Crippen LogP contribution in [0.25, 0.3) is 0 Å². The zero-order valence-corrected chi connectivity index (χ0v) is 17.8. The van der Waals surface area contributed by atoms with Crippen molar-refractivity contribution in [2.45, 2.75) is 52.4 Å². The number of hydrogen-bond donors (Lipinski definition) is 1. The lowest BCUT2D eigenvalue weighted by atomic mass is 10.0. The number of morpholine rings is 1. The second-order valence-corrected chi connectivity index (χ2v) is 8.01. The smallest absolute Gasteiger partial charge is 0.220 e. The van der Waals surface area contributed by atoms with Gasteiger partial charge in [0.25, 0.3) is 0 Å². The summed E-state index contributed by atoms with van der Waals surface area (Å²) in [5.74, 6) is -0.595. The summed E-state index contributed by atoms with van der Waals surface area (Å²) >= 11 is 0. The van der Waals surface area contributed by atoms with E-state index < -0.39 is 0 Å². The maximum absolute atomic E-state index is 14.6. The zero-order chi connectivity index (χ0) is 21.7. The molecule has 30 heavy (non-hydrogen) atoms. The van der Waals surface area contributed by atoms with Gasteiger partial charge in [0.1, 0.15) is 5.82 Å². The van der Waals surface area contributed by atoms with Gasteiger partial charge in [0.05, 0.1) is 17.9 Å². The first-order valence-corrected chi connectivity index (χ1v) is 10.4. The van der Waals surface area contributed by atoms with Crippen LogP contribution in [0.2, 0.25) is 0 Å². The van der Waals surface area contributed by atoms with E-state index in [0.29, 0.717) is 29.9 Å². The summed E-state index contributed by atoms with van der Waals surface area (Å²) in [6, 6.07) is 12.3. The van der Waals surface area contributed by atoms with Crippen LogP contribution >= 0.6 is 0 Å². The number of carbonyl (C=O) groups excluding carboxylic acids is 2. The molecule has 0 saturated carbocycles. The van der Waals surface area contributed by atoms with Gasteiger partial charge in [-0.15, -0.1) is 0 Å². The van der Waals surface area contributed by atoms with Gasteiger partial charge in [-0.2, -0.15) is 0 Å². The van der Waals surface area contributed by atoms with Crippen molar-refractivity contribution in [3.63, 3.8) is 0 Å². The molecule has 3 rings (SSSR count). The van der Waals surface area contributed by atoms with E-state index in [1.807, 2.05) is 43.9 Å². The molecule has 1 heterocycles. The molecular formula is C24H29FN2O3. The number of ketones is 1. The number of Topliss-reactive ketones (excluding diaryl/α,β-unsaturated/α-hetero) is 1. The fourth-order valence-electron chi connectivity index (χ4n) is 3.69. The topological polar surface area (TPSA) is 58.6 Å². The van der Waals surface area contributed by atoms with Crippen LogP contribution in [0.15, 0.2) is 42.5 Å². The maximum atomic E-state index is 14.6. The number of carbonyl (C=O) groups is 2. The number of nitrogens with zero attached hydrogens (tertiary/aromatic N) is 1. The number of amides is 1. The van der Waals surface area contributed by atoms with E-state index in [4.69, 9.17) is 4.74 Å². The largest absolute Gasteiger partial charge is 0.372 e. The Morgan fingerprint density at radius 3 is 2.37 bits per heavy atom. The maximum Gasteiger partial charge on any atom is 0.220 e. The lowest BCUT2D eigenvalue weighted by Gasteiger charge is -2.37. The van der Waals surface area contributed by atoms with Crippen LogP contribution in [0.5, 0.6) is 0 Å². The zero-order valence-electron chi connectivity index (χ0n) is 17.8. The number of ether oxygens (including phenoxy) is 1. The van der Waals surface area contributed by atoms with Crippen LogP contribution in [-0.4, -0.2) is 37.0 Å². The Kier molecular flexibility index (Phi) is 7.21. The average molecular weight is 413 g/mol. The summed E-state index contributed by atoms with van der Waals surface area (Å²) < 4.78 is 20.3. The highest BCUT2D eigenvalue weighted by atomic mass is 19.1. The van der Waals surface area contributed by atoms with Crippen LogP contribution in [0.1, 0.15) is 48.2 Å². The van der Waals surface area contributed by atoms with Crippen molar-refractivity contribution >= 4 is 17.4 Å². The molecule has 2 unspecified atom stereocenters. The van der Waals surface area contributed by atoms with Gasteiger partial charge in [-0.3, -0.25) is 9.59 Å². The Balaban J connectivity index is 1.49. The Morgan fingerprint density at radius 2 is 1.73 bits per heavy atom. The van der Waals surface area contributed by atoms with Gasteiger partial charge >= 0.3 is 0 Å². The molecule has 2 aromatic rings. The van der Waals surface area contributed by atoms with Gasteiger partial charge in [-0.1, -0.05) is 35.9 Å². The Morgan fingerprint density at radius 1 is 1.07 bits per heavy atom. The molecule has 1 amide bonds. The second kappa shape index (κ2) is 9.85. The van der Waals surface area contributed by atoms with Gasteiger partial charge < -0.3 is 15.0 Å². The minimum Gasteiger partial charge on any atom is -0.372 e. The van der Waals surface area contributed by atoms with Gasteiger partial charge in [0.2, 0.25) is 5.91 Å². The molecule has 1 saturated heterocycles. The summed E-state index contributed by atoms with van der Waals surface area (Å²) in [5.41, 5.74) is 2.93. The molecule has 2 atom stereocenters. The number of benzene rings is 2. The van der Waals surface area contributed by atoms with Gasteiger partial charge in [0.15, 0.2) is 5.78 Å². The normalized spacial score (nSPS) is 18.9. The molecule has 0 aromatic heterocycles. The average Bonchev–Trinajstić information content (AvgIpc) is 2.70. The van der Waals surface area contributed by atoms with E-state index in [1.165, 1.54) is 6.07 Å². The van der Waals surface area contributed by atoms with Crippen molar-refractivity contribution in [3.05, 3.63) is 65.0 Å². The SMILES string of the molecule is Cc1ccc(C(=O)CCC(=O)NCc2ccc(N3CC(C)OC(C)C3)c(F)c2)cc1. The van der Waals surface area contributed by atoms with E-state index in [9.17, 15) is 14.0 Å². The number of anilines is 1. The molecule has 0 spiro atoms. The number of hydrogen-bond acceptors (Lipinski definition) is 4. The molecule has 1 aliphatic rings. The highest BCUT2D eigenvalue weighted by Gasteiger charge is 2.24. The van der Waals surface area contributed by atoms with Crippen LogP contribution < -0.4 is 10.2 Å². The molecule has 5 nitrogen and oxygen atoms in total. The predicted molar refractivity (Wildman–Crippen MR) is 115 cm³/mol. The van der Waals surface area contributed by atoms with E-state index in [2.05, 4.69) is 5.32 Å². The Hall–Kier alpha value is -2.73. The number of aryl methyl sites for hydroxylation is 1. The van der Waals surface area contributed by atoms with E-state index in [1.54, 1.807) is 18.2 Å². The van der Waals surface area contributed by atoms with Crippen molar-refractivity contribution in [2.75, 3.05) is 18.0 Å². The highest BCUT2D eigenvalue weighted by molar-refractivity contribution is 5.97. The first kappa shape index (κ1) is 22.0. The molecule has 0 bridgehead atoms. The number of rotatable bonds is 7. The summed E-state index contributed by atoms with van der Waals surface area (Å²) in [5, 5.41) is 2.76. The second-order valence-electron chi connectivity index (χ2n) is 8.01. The molecule has 0 radical (unpaired) electrons. The van der Waals surface area contributed by atoms with Gasteiger partial charge in [-0.25, -0.2) is 4.39 Å². The highest BCUT2D eigenvalue weighted by Crippen LogP contribution is 2.24. The first-order chi connectivity index (χ1) is 14.3. The van der Waals surface area contributed by atoms with E-state index in [0.717, 1.165) is 5.56 Å². The summed E-state index contributed by atoms with van der Waals surface area (Å²) in [7, 11) is 0. The van der Waals surface area contributed by atoms with Crippen LogP contribution in [0.4, 0.5) is 10.1 Å². The van der Waals surface area contributed by atoms with Crippen molar-refractivity contribution < 1.29 is 18.7 Å². The molecule has 1 aliphatic heterocycles. The third-order valence-corrected chi connectivity index (χ3v) is 5.21. The molecule has 6 heteroatoms. The van der Waals surface area contributed by atoms with Crippen LogP contribution in [-0.2, 0) is 16.1 Å². The van der Waals surface area contributed by atoms with Crippen molar-refractivity contribution in [3.8, 4) is 0 Å². The van der Waals surface area contributed by atoms with E-state index >= 15 is 0 Å². The first-order valence-electron chi connectivity index (χ1n) is 10.4. The molecule has 2 aromatic carbocycles. The lowest BCUT2D eigenvalue weighted by Crippen LogP contribution is -2.45. The standard InChI is InChI=1S/C24H29FN2O3/c1-16-4-7-20(8-5-16)23(28)10-11-24(29)26-13-19-6-9-22(21(25)12-19)27-14-17(2)30-18(3)15-27/h4-9,12,17-18H,10-11,13-15H2,1-3H3,(H,26,29). The quantitative estimate of drug-likeness (QED) is 0.698. The molecule has 0 aliphatic carbocycles. The summed E-state index contributed by atoms with van der Waals surface area (Å²) in [6.07, 6.45) is 0.358. The van der Waals surface area contributed by atoms with Crippen LogP contribution in [0.3, 0.4) is 0 Å². The Bertz CT molecular complexity index is 888. The minimum atomic E-state index is -0.308. The monoisotopic (exact) mass is 412 g/mol. The molecule has 1 N–H and O–H groups in total. The van der Waals surface area contributed by atoms with Gasteiger partial charge in [-0.05, 0) is 38.5 Å². The molecule has 160 valence electrons. The van der Waals surface area contributed by atoms with Crippen molar-refractivity contribution in [1.82, 2.24) is 5.32 Å². The fraction of sp³-hybridized carbons (Fsp3) is 0.417. The van der Waals surface area contributed by atoms with E-state index in [-0.39, 0.29) is 49.1 Å². The summed E-state index contributed by atoms with van der Waals surface area (Å²) in [6.45, 7) is 7.44. The fourth-order valence-corrected chi connectivity index (χ4v) is 3.69. The summed E-state index contributed by atoms with van der Waals surface area (Å²) in [4.78, 5) is 26.3. The lowest BCUT2D eigenvalue weighted by molar-refractivity contribution is -0.121. The Labute approximate surface area is 177 Å². The third kappa shape index (κ3) is 5.89. The predicted octanol–water partition coefficient (Wildman–Crippen LogP) is 4.03. The number of nitrogens with one attached hydrogen (secondary N) is 1.